The third kappa shape index (κ3) is 3.88. The molecule has 0 aliphatic carbocycles. The van der Waals surface area contributed by atoms with Gasteiger partial charge in [-0.3, -0.25) is 0 Å². The quantitative estimate of drug-likeness (QED) is 0.285. The maximum absolute atomic E-state index is 5.78. The lowest BCUT2D eigenvalue weighted by atomic mass is 9.97. The Morgan fingerprint density at radius 1 is 0.588 bits per heavy atom. The lowest BCUT2D eigenvalue weighted by Gasteiger charge is -2.16. The fraction of sp³-hybridized carbons (Fsp3) is 0.133. The lowest BCUT2D eigenvalue weighted by molar-refractivity contribution is 0.398. The summed E-state index contributed by atoms with van der Waals surface area (Å²) >= 11 is 0. The van der Waals surface area contributed by atoms with Crippen LogP contribution in [0.25, 0.3) is 44.5 Å². The topological polar surface area (TPSA) is 44.2 Å². The minimum atomic E-state index is 0.503. The molecule has 4 nitrogen and oxygen atoms in total. The van der Waals surface area contributed by atoms with E-state index in [0.29, 0.717) is 5.88 Å². The van der Waals surface area contributed by atoms with E-state index in [9.17, 15) is 0 Å². The zero-order valence-corrected chi connectivity index (χ0v) is 19.8. The van der Waals surface area contributed by atoms with Gasteiger partial charge in [0.05, 0.1) is 19.9 Å². The summed E-state index contributed by atoms with van der Waals surface area (Å²) in [6.45, 7) is 4.21. The van der Waals surface area contributed by atoms with Gasteiger partial charge in [0.1, 0.15) is 17.1 Å². The molecule has 168 valence electrons. The average Bonchev–Trinajstić information content (AvgIpc) is 2.89. The Kier molecular flexibility index (Phi) is 5.72. The van der Waals surface area contributed by atoms with Crippen LogP contribution in [0.2, 0.25) is 0 Å². The molecule has 0 atom stereocenters. The highest BCUT2D eigenvalue weighted by atomic mass is 16.5. The molecule has 0 aliphatic rings. The van der Waals surface area contributed by atoms with Crippen LogP contribution in [0.5, 0.6) is 11.6 Å². The van der Waals surface area contributed by atoms with E-state index in [4.69, 9.17) is 19.4 Å². The van der Waals surface area contributed by atoms with Gasteiger partial charge in [-0.15, -0.1) is 0 Å². The van der Waals surface area contributed by atoms with Crippen LogP contribution in [0.4, 0.5) is 0 Å². The molecule has 0 amide bonds. The minimum Gasteiger partial charge on any atom is -0.497 e. The molecule has 0 bridgehead atoms. The van der Waals surface area contributed by atoms with Crippen molar-refractivity contribution in [1.29, 1.82) is 0 Å². The van der Waals surface area contributed by atoms with Crippen LogP contribution in [-0.4, -0.2) is 24.2 Å². The van der Waals surface area contributed by atoms with Crippen LogP contribution in [0.1, 0.15) is 11.1 Å². The molecule has 0 radical (unpaired) electrons. The number of rotatable bonds is 5. The number of hydrogen-bond donors (Lipinski definition) is 0. The largest absolute Gasteiger partial charge is 0.497 e. The lowest BCUT2D eigenvalue weighted by Crippen LogP contribution is -2.02. The molecule has 4 aromatic carbocycles. The van der Waals surface area contributed by atoms with Crippen molar-refractivity contribution < 1.29 is 9.47 Å². The Morgan fingerprint density at radius 2 is 1.32 bits per heavy atom. The Balaban J connectivity index is 1.81. The maximum atomic E-state index is 5.78. The van der Waals surface area contributed by atoms with Gasteiger partial charge in [0.15, 0.2) is 0 Å². The molecule has 0 aliphatic heterocycles. The summed E-state index contributed by atoms with van der Waals surface area (Å²) in [5, 5.41) is 2.27. The van der Waals surface area contributed by atoms with Gasteiger partial charge in [-0.25, -0.2) is 9.97 Å². The SMILES string of the molecule is COc1ccc(-c2nc(-c3ccc(C)c(C)c3)c(OC)nc2-c2cccc3ccccc23)cc1. The fourth-order valence-electron chi connectivity index (χ4n) is 4.21. The maximum Gasteiger partial charge on any atom is 0.240 e. The van der Waals surface area contributed by atoms with Crippen LogP contribution in [-0.2, 0) is 0 Å². The third-order valence-electron chi connectivity index (χ3n) is 6.25. The van der Waals surface area contributed by atoms with Gasteiger partial charge in [-0.2, -0.15) is 0 Å². The first kappa shape index (κ1) is 21.7. The van der Waals surface area contributed by atoms with Crippen molar-refractivity contribution in [3.05, 3.63) is 96.1 Å². The first-order chi connectivity index (χ1) is 16.6. The summed E-state index contributed by atoms with van der Waals surface area (Å²) in [7, 11) is 3.32. The van der Waals surface area contributed by atoms with E-state index in [-0.39, 0.29) is 0 Å². The number of benzene rings is 4. The van der Waals surface area contributed by atoms with Crippen LogP contribution < -0.4 is 9.47 Å². The fourth-order valence-corrected chi connectivity index (χ4v) is 4.21. The highest BCUT2D eigenvalue weighted by molar-refractivity contribution is 5.99. The van der Waals surface area contributed by atoms with E-state index in [1.807, 2.05) is 36.4 Å². The predicted molar refractivity (Wildman–Crippen MR) is 138 cm³/mol. The molecule has 4 heteroatoms. The first-order valence-corrected chi connectivity index (χ1v) is 11.2. The first-order valence-electron chi connectivity index (χ1n) is 11.2. The van der Waals surface area contributed by atoms with Crippen LogP contribution in [0.3, 0.4) is 0 Å². The molecular formula is C30H26N2O2. The van der Waals surface area contributed by atoms with Gasteiger partial charge in [-0.05, 0) is 66.1 Å². The molecule has 1 aromatic heterocycles. The van der Waals surface area contributed by atoms with E-state index in [0.717, 1.165) is 50.3 Å². The van der Waals surface area contributed by atoms with Gasteiger partial charge in [0.2, 0.25) is 5.88 Å². The Morgan fingerprint density at radius 3 is 2.06 bits per heavy atom. The molecule has 1 heterocycles. The van der Waals surface area contributed by atoms with Crippen LogP contribution in [0, 0.1) is 13.8 Å². The number of ether oxygens (including phenoxy) is 2. The molecule has 5 aromatic rings. The van der Waals surface area contributed by atoms with Crippen molar-refractivity contribution in [2.45, 2.75) is 13.8 Å². The summed E-state index contributed by atoms with van der Waals surface area (Å²) < 4.78 is 11.2. The van der Waals surface area contributed by atoms with Crippen molar-refractivity contribution >= 4 is 10.8 Å². The van der Waals surface area contributed by atoms with Crippen LogP contribution in [0.15, 0.2) is 84.9 Å². The van der Waals surface area contributed by atoms with Crippen molar-refractivity contribution in [3.63, 3.8) is 0 Å². The normalized spacial score (nSPS) is 10.9. The second kappa shape index (κ2) is 8.99. The monoisotopic (exact) mass is 446 g/mol. The molecule has 0 unspecified atom stereocenters. The summed E-state index contributed by atoms with van der Waals surface area (Å²) in [4.78, 5) is 10.2. The van der Waals surface area contributed by atoms with E-state index in [2.05, 4.69) is 62.4 Å². The number of nitrogens with zero attached hydrogens (tertiary/aromatic N) is 2. The summed E-state index contributed by atoms with van der Waals surface area (Å²) in [5.41, 5.74) is 7.70. The smallest absolute Gasteiger partial charge is 0.240 e. The molecule has 5 rings (SSSR count). The molecular weight excluding hydrogens is 420 g/mol. The van der Waals surface area contributed by atoms with E-state index in [1.165, 1.54) is 11.1 Å². The zero-order valence-electron chi connectivity index (χ0n) is 19.8. The number of hydrogen-bond acceptors (Lipinski definition) is 4. The van der Waals surface area contributed by atoms with E-state index in [1.54, 1.807) is 14.2 Å². The highest BCUT2D eigenvalue weighted by Crippen LogP contribution is 2.39. The Hall–Kier alpha value is -4.18. The van der Waals surface area contributed by atoms with Crippen molar-refractivity contribution in [2.75, 3.05) is 14.2 Å². The van der Waals surface area contributed by atoms with Gasteiger partial charge in [0.25, 0.3) is 0 Å². The van der Waals surface area contributed by atoms with Crippen molar-refractivity contribution in [1.82, 2.24) is 9.97 Å². The third-order valence-corrected chi connectivity index (χ3v) is 6.25. The standard InChI is InChI=1S/C30H26N2O2/c1-19-12-13-23(18-20(19)2)28-30(34-4)32-29(26-11-7-9-21-8-5-6-10-25(21)26)27(31-28)22-14-16-24(33-3)17-15-22/h5-18H,1-4H3. The second-order valence-corrected chi connectivity index (χ2v) is 8.33. The number of methoxy groups -OCH3 is 2. The van der Waals surface area contributed by atoms with E-state index >= 15 is 0 Å². The Bertz CT molecular complexity index is 1490. The van der Waals surface area contributed by atoms with Crippen molar-refractivity contribution in [3.8, 4) is 45.4 Å². The molecule has 0 saturated carbocycles. The molecule has 0 saturated heterocycles. The minimum absolute atomic E-state index is 0.503. The van der Waals surface area contributed by atoms with Gasteiger partial charge in [-0.1, -0.05) is 54.6 Å². The number of aromatic nitrogens is 2. The summed E-state index contributed by atoms with van der Waals surface area (Å²) in [6.07, 6.45) is 0. The van der Waals surface area contributed by atoms with Gasteiger partial charge >= 0.3 is 0 Å². The van der Waals surface area contributed by atoms with Gasteiger partial charge < -0.3 is 9.47 Å². The molecule has 0 fully saturated rings. The van der Waals surface area contributed by atoms with Gasteiger partial charge in [0, 0.05) is 16.7 Å². The second-order valence-electron chi connectivity index (χ2n) is 8.33. The Labute approximate surface area is 199 Å². The molecule has 0 spiro atoms. The average molecular weight is 447 g/mol. The molecule has 0 N–H and O–H groups in total. The number of fused-ring (bicyclic) bond motifs is 1. The van der Waals surface area contributed by atoms with E-state index < -0.39 is 0 Å². The summed E-state index contributed by atoms with van der Waals surface area (Å²) in [6, 6.07) is 28.8. The zero-order chi connectivity index (χ0) is 23.7. The van der Waals surface area contributed by atoms with Crippen LogP contribution >= 0.6 is 0 Å². The number of aryl methyl sites for hydroxylation is 2. The highest BCUT2D eigenvalue weighted by Gasteiger charge is 2.20. The summed E-state index contributed by atoms with van der Waals surface area (Å²) in [5.74, 6) is 1.30. The predicted octanol–water partition coefficient (Wildman–Crippen LogP) is 7.26. The molecule has 34 heavy (non-hydrogen) atoms. The van der Waals surface area contributed by atoms with Crippen molar-refractivity contribution in [2.24, 2.45) is 0 Å².